The van der Waals surface area contributed by atoms with Crippen LogP contribution in [0.2, 0.25) is 0 Å². The Hall–Kier alpha value is -1.31. The molecule has 0 bridgehead atoms. The Kier molecular flexibility index (Phi) is 4.91. The summed E-state index contributed by atoms with van der Waals surface area (Å²) in [5.74, 6) is 0.732. The minimum atomic E-state index is 0.237. The van der Waals surface area contributed by atoms with E-state index in [0.29, 0.717) is 11.8 Å². The molecule has 2 fully saturated rings. The van der Waals surface area contributed by atoms with Crippen molar-refractivity contribution in [2.75, 3.05) is 31.9 Å². The third-order valence-corrected chi connectivity index (χ3v) is 6.41. The molecule has 2 aromatic rings. The summed E-state index contributed by atoms with van der Waals surface area (Å²) in [5.41, 5.74) is 0. The molecule has 24 heavy (non-hydrogen) atoms. The first kappa shape index (κ1) is 16.2. The summed E-state index contributed by atoms with van der Waals surface area (Å²) < 4.78 is 2.22. The van der Waals surface area contributed by atoms with E-state index >= 15 is 0 Å². The van der Waals surface area contributed by atoms with Gasteiger partial charge < -0.3 is 9.47 Å². The first-order valence-electron chi connectivity index (χ1n) is 8.48. The van der Waals surface area contributed by atoms with Gasteiger partial charge in [-0.05, 0) is 24.3 Å². The normalized spacial score (nSPS) is 18.9. The molecule has 1 aliphatic heterocycles. The SMILES string of the molecule is O=C(CSc1nccn1C1CC1)N1CCN(Cc2cccs2)CC1. The van der Waals surface area contributed by atoms with Crippen molar-refractivity contribution in [3.63, 3.8) is 0 Å². The van der Waals surface area contributed by atoms with Crippen molar-refractivity contribution in [2.24, 2.45) is 0 Å². The minimum Gasteiger partial charge on any atom is -0.339 e. The molecule has 0 radical (unpaired) electrons. The van der Waals surface area contributed by atoms with Crippen LogP contribution in [0.15, 0.2) is 35.1 Å². The van der Waals surface area contributed by atoms with Gasteiger partial charge in [-0.1, -0.05) is 17.8 Å². The van der Waals surface area contributed by atoms with E-state index in [4.69, 9.17) is 0 Å². The van der Waals surface area contributed by atoms with E-state index in [1.807, 2.05) is 17.3 Å². The van der Waals surface area contributed by atoms with E-state index in [0.717, 1.165) is 37.9 Å². The van der Waals surface area contributed by atoms with E-state index in [2.05, 4.69) is 32.0 Å². The van der Waals surface area contributed by atoms with Crippen molar-refractivity contribution in [3.05, 3.63) is 34.8 Å². The van der Waals surface area contributed by atoms with Crippen molar-refractivity contribution in [3.8, 4) is 0 Å². The zero-order valence-corrected chi connectivity index (χ0v) is 15.3. The van der Waals surface area contributed by atoms with Crippen molar-refractivity contribution < 1.29 is 4.79 Å². The number of piperazine rings is 1. The maximum absolute atomic E-state index is 12.5. The monoisotopic (exact) mass is 362 g/mol. The standard InChI is InChI=1S/C17H22N4OS2/c22-16(13-24-17-18-5-6-21(17)14-3-4-14)20-9-7-19(8-10-20)12-15-2-1-11-23-15/h1-2,5-6,11,14H,3-4,7-10,12-13H2. The summed E-state index contributed by atoms with van der Waals surface area (Å²) in [6.45, 7) is 4.60. The van der Waals surface area contributed by atoms with Gasteiger partial charge in [0.2, 0.25) is 5.91 Å². The molecule has 128 valence electrons. The lowest BCUT2D eigenvalue weighted by Crippen LogP contribution is -2.48. The molecule has 0 aromatic carbocycles. The number of hydrogen-bond acceptors (Lipinski definition) is 5. The van der Waals surface area contributed by atoms with Crippen LogP contribution >= 0.6 is 23.1 Å². The Bertz CT molecular complexity index is 673. The molecule has 4 rings (SSSR count). The fraction of sp³-hybridized carbons (Fsp3) is 0.529. The predicted molar refractivity (Wildman–Crippen MR) is 97.4 cm³/mol. The Labute approximate surface area is 150 Å². The van der Waals surface area contributed by atoms with Crippen LogP contribution in [0.1, 0.15) is 23.8 Å². The molecule has 7 heteroatoms. The summed E-state index contributed by atoms with van der Waals surface area (Å²) >= 11 is 3.38. The van der Waals surface area contributed by atoms with Crippen LogP contribution in [0.5, 0.6) is 0 Å². The fourth-order valence-corrected chi connectivity index (χ4v) is 4.71. The quantitative estimate of drug-likeness (QED) is 0.741. The van der Waals surface area contributed by atoms with Gasteiger partial charge >= 0.3 is 0 Å². The number of hydrogen-bond donors (Lipinski definition) is 0. The highest BCUT2D eigenvalue weighted by molar-refractivity contribution is 7.99. The van der Waals surface area contributed by atoms with Gasteiger partial charge in [0.05, 0.1) is 5.75 Å². The number of aromatic nitrogens is 2. The lowest BCUT2D eigenvalue weighted by Gasteiger charge is -2.34. The number of amides is 1. The van der Waals surface area contributed by atoms with E-state index in [9.17, 15) is 4.79 Å². The smallest absolute Gasteiger partial charge is 0.233 e. The van der Waals surface area contributed by atoms with Crippen molar-refractivity contribution in [1.29, 1.82) is 0 Å². The first-order valence-corrected chi connectivity index (χ1v) is 10.3. The largest absolute Gasteiger partial charge is 0.339 e. The van der Waals surface area contributed by atoms with E-state index in [1.165, 1.54) is 17.7 Å². The van der Waals surface area contributed by atoms with Gasteiger partial charge in [-0.15, -0.1) is 11.3 Å². The lowest BCUT2D eigenvalue weighted by atomic mass is 10.3. The van der Waals surface area contributed by atoms with Gasteiger partial charge in [-0.2, -0.15) is 0 Å². The summed E-state index contributed by atoms with van der Waals surface area (Å²) in [4.78, 5) is 22.7. The highest BCUT2D eigenvalue weighted by Gasteiger charge is 2.26. The number of thiophene rings is 1. The Morgan fingerprint density at radius 1 is 1.29 bits per heavy atom. The van der Waals surface area contributed by atoms with Gasteiger partial charge in [0.15, 0.2) is 5.16 Å². The van der Waals surface area contributed by atoms with Gasteiger partial charge in [-0.3, -0.25) is 9.69 Å². The maximum atomic E-state index is 12.5. The van der Waals surface area contributed by atoms with Crippen LogP contribution < -0.4 is 0 Å². The average Bonchev–Trinajstić information content (AvgIpc) is 3.12. The Balaban J connectivity index is 1.23. The summed E-state index contributed by atoms with van der Waals surface area (Å²) in [5, 5.41) is 3.11. The van der Waals surface area contributed by atoms with Crippen LogP contribution in [0.3, 0.4) is 0 Å². The lowest BCUT2D eigenvalue weighted by molar-refractivity contribution is -0.130. The molecule has 1 aliphatic carbocycles. The van der Waals surface area contributed by atoms with Gasteiger partial charge in [0, 0.05) is 56.0 Å². The predicted octanol–water partition coefficient (Wildman–Crippen LogP) is 2.72. The molecule has 1 saturated carbocycles. The van der Waals surface area contributed by atoms with E-state index in [-0.39, 0.29) is 5.91 Å². The van der Waals surface area contributed by atoms with Crippen molar-refractivity contribution >= 4 is 29.0 Å². The highest BCUT2D eigenvalue weighted by Crippen LogP contribution is 2.37. The molecule has 0 spiro atoms. The number of carbonyl (C=O) groups excluding carboxylic acids is 1. The topological polar surface area (TPSA) is 41.4 Å². The van der Waals surface area contributed by atoms with Crippen molar-refractivity contribution in [1.82, 2.24) is 19.4 Å². The molecule has 2 aromatic heterocycles. The number of imidazole rings is 1. The van der Waals surface area contributed by atoms with E-state index in [1.54, 1.807) is 23.1 Å². The summed E-state index contributed by atoms with van der Waals surface area (Å²) in [7, 11) is 0. The van der Waals surface area contributed by atoms with Crippen LogP contribution in [0, 0.1) is 0 Å². The van der Waals surface area contributed by atoms with Crippen LogP contribution in [0.25, 0.3) is 0 Å². The van der Waals surface area contributed by atoms with Crippen LogP contribution in [0.4, 0.5) is 0 Å². The zero-order valence-electron chi connectivity index (χ0n) is 13.6. The first-order chi connectivity index (χ1) is 11.8. The zero-order chi connectivity index (χ0) is 16.4. The summed E-state index contributed by atoms with van der Waals surface area (Å²) in [6, 6.07) is 4.90. The third kappa shape index (κ3) is 3.84. The second-order valence-corrected chi connectivity index (χ2v) is 8.35. The maximum Gasteiger partial charge on any atom is 0.233 e. The number of thioether (sulfide) groups is 1. The highest BCUT2D eigenvalue weighted by atomic mass is 32.2. The van der Waals surface area contributed by atoms with Gasteiger partial charge in [0.1, 0.15) is 0 Å². The molecule has 2 aliphatic rings. The molecule has 3 heterocycles. The van der Waals surface area contributed by atoms with E-state index < -0.39 is 0 Å². The molecule has 0 unspecified atom stereocenters. The Morgan fingerprint density at radius 2 is 2.12 bits per heavy atom. The minimum absolute atomic E-state index is 0.237. The Morgan fingerprint density at radius 3 is 2.83 bits per heavy atom. The molecule has 1 amide bonds. The number of nitrogens with zero attached hydrogens (tertiary/aromatic N) is 4. The van der Waals surface area contributed by atoms with Gasteiger partial charge in [0.25, 0.3) is 0 Å². The van der Waals surface area contributed by atoms with Crippen LogP contribution in [-0.2, 0) is 11.3 Å². The third-order valence-electron chi connectivity index (χ3n) is 4.58. The number of rotatable bonds is 6. The second-order valence-electron chi connectivity index (χ2n) is 6.37. The number of carbonyl (C=O) groups is 1. The fourth-order valence-electron chi connectivity index (χ4n) is 3.04. The average molecular weight is 363 g/mol. The molecular weight excluding hydrogens is 340 g/mol. The van der Waals surface area contributed by atoms with Gasteiger partial charge in [-0.25, -0.2) is 4.98 Å². The molecule has 0 N–H and O–H groups in total. The second kappa shape index (κ2) is 7.29. The summed E-state index contributed by atoms with van der Waals surface area (Å²) in [6.07, 6.45) is 6.36. The molecular formula is C17H22N4OS2. The molecule has 0 atom stereocenters. The molecule has 5 nitrogen and oxygen atoms in total. The van der Waals surface area contributed by atoms with Crippen LogP contribution in [-0.4, -0.2) is 57.2 Å². The van der Waals surface area contributed by atoms with Crippen molar-refractivity contribution in [2.45, 2.75) is 30.6 Å². The molecule has 1 saturated heterocycles.